The van der Waals surface area contributed by atoms with Gasteiger partial charge in [-0.2, -0.15) is 0 Å². The molecule has 1 amide bonds. The zero-order valence-corrected chi connectivity index (χ0v) is 17.0. The first kappa shape index (κ1) is 19.5. The lowest BCUT2D eigenvalue weighted by molar-refractivity contribution is -0.160. The van der Waals surface area contributed by atoms with Crippen molar-refractivity contribution in [2.24, 2.45) is 0 Å². The van der Waals surface area contributed by atoms with Crippen molar-refractivity contribution in [2.45, 2.75) is 31.1 Å². The van der Waals surface area contributed by atoms with E-state index in [9.17, 15) is 14.7 Å². The highest BCUT2D eigenvalue weighted by molar-refractivity contribution is 6.00. The van der Waals surface area contributed by atoms with Gasteiger partial charge in [0.25, 0.3) is 5.91 Å². The molecule has 156 valence electrons. The molecule has 1 atom stereocenters. The van der Waals surface area contributed by atoms with E-state index in [0.29, 0.717) is 30.5 Å². The first-order valence-electron chi connectivity index (χ1n) is 10.5. The molecule has 0 saturated carbocycles. The number of amides is 1. The minimum Gasteiger partial charge on any atom is -0.459 e. The molecule has 5 rings (SSSR count). The number of carbonyl (C=O) groups excluding carboxylic acids is 2. The summed E-state index contributed by atoms with van der Waals surface area (Å²) in [4.78, 5) is 28.1. The van der Waals surface area contributed by atoms with Crippen molar-refractivity contribution >= 4 is 11.9 Å². The second-order valence-corrected chi connectivity index (χ2v) is 8.05. The minimum atomic E-state index is -1.81. The van der Waals surface area contributed by atoms with Crippen molar-refractivity contribution in [3.05, 3.63) is 95.6 Å². The Hall–Kier alpha value is -3.44. The third-order valence-corrected chi connectivity index (χ3v) is 6.24. The van der Waals surface area contributed by atoms with Gasteiger partial charge in [-0.1, -0.05) is 78.9 Å². The summed E-state index contributed by atoms with van der Waals surface area (Å²) in [6, 6.07) is 23.6. The van der Waals surface area contributed by atoms with Crippen LogP contribution in [0.3, 0.4) is 0 Å². The van der Waals surface area contributed by atoms with Gasteiger partial charge in [-0.25, -0.2) is 4.79 Å². The van der Waals surface area contributed by atoms with E-state index in [4.69, 9.17) is 4.74 Å². The van der Waals surface area contributed by atoms with Crippen LogP contribution >= 0.6 is 0 Å². The van der Waals surface area contributed by atoms with E-state index in [0.717, 1.165) is 16.7 Å². The fourth-order valence-corrected chi connectivity index (χ4v) is 4.73. The number of hydrogen-bond donors (Lipinski definition) is 1. The monoisotopic (exact) mass is 413 g/mol. The first-order chi connectivity index (χ1) is 15.1. The quantitative estimate of drug-likeness (QED) is 0.664. The van der Waals surface area contributed by atoms with E-state index in [-0.39, 0.29) is 6.61 Å². The summed E-state index contributed by atoms with van der Waals surface area (Å²) in [6.07, 6.45) is 1.22. The molecular weight excluding hydrogens is 390 g/mol. The average molecular weight is 413 g/mol. The largest absolute Gasteiger partial charge is 0.459 e. The maximum Gasteiger partial charge on any atom is 0.329 e. The molecule has 1 heterocycles. The van der Waals surface area contributed by atoms with Gasteiger partial charge in [-0.3, -0.25) is 4.79 Å². The lowest BCUT2D eigenvalue weighted by Crippen LogP contribution is -2.51. The number of aliphatic hydroxyl groups is 1. The molecule has 1 aliphatic heterocycles. The standard InChI is InChI=1S/C26H23NO4/c28-24(31-17-18-9-2-1-3-10-18)23-15-8-16-27(23)25(29)26(30)21-13-6-4-11-19(21)20-12-5-7-14-22(20)26/h1-7,9-14,23,30H,8,15-17H2. The first-order valence-corrected chi connectivity index (χ1v) is 10.5. The molecule has 3 aromatic rings. The molecule has 1 N–H and O–H groups in total. The third-order valence-electron chi connectivity index (χ3n) is 6.24. The van der Waals surface area contributed by atoms with Gasteiger partial charge in [0, 0.05) is 17.7 Å². The summed E-state index contributed by atoms with van der Waals surface area (Å²) < 4.78 is 5.51. The molecule has 3 aromatic carbocycles. The molecule has 1 fully saturated rings. The molecule has 0 bridgehead atoms. The highest BCUT2D eigenvalue weighted by atomic mass is 16.5. The highest BCUT2D eigenvalue weighted by Gasteiger charge is 2.52. The van der Waals surface area contributed by atoms with E-state index in [1.807, 2.05) is 66.7 Å². The predicted octanol–water partition coefficient (Wildman–Crippen LogP) is 3.64. The minimum absolute atomic E-state index is 0.161. The Morgan fingerprint density at radius 2 is 1.48 bits per heavy atom. The molecule has 5 heteroatoms. The van der Waals surface area contributed by atoms with E-state index in [1.165, 1.54) is 4.90 Å². The normalized spacial score (nSPS) is 18.4. The van der Waals surface area contributed by atoms with E-state index in [2.05, 4.69) is 0 Å². The number of esters is 1. The van der Waals surface area contributed by atoms with Crippen LogP contribution < -0.4 is 0 Å². The molecule has 31 heavy (non-hydrogen) atoms. The molecule has 1 unspecified atom stereocenters. The number of benzene rings is 3. The second kappa shape index (κ2) is 7.67. The van der Waals surface area contributed by atoms with Crippen LogP contribution in [-0.4, -0.2) is 34.5 Å². The van der Waals surface area contributed by atoms with Gasteiger partial charge in [-0.05, 0) is 29.5 Å². The Morgan fingerprint density at radius 3 is 2.13 bits per heavy atom. The van der Waals surface area contributed by atoms with Crippen LogP contribution in [0.1, 0.15) is 29.5 Å². The number of carbonyl (C=O) groups is 2. The van der Waals surface area contributed by atoms with Crippen molar-refractivity contribution in [1.82, 2.24) is 4.90 Å². The number of fused-ring (bicyclic) bond motifs is 3. The SMILES string of the molecule is O=C(OCc1ccccc1)C1CCCN1C(=O)C1(O)c2ccccc2-c2ccccc21. The van der Waals surface area contributed by atoms with Gasteiger partial charge < -0.3 is 14.7 Å². The molecule has 0 aromatic heterocycles. The van der Waals surface area contributed by atoms with Crippen LogP contribution in [0.25, 0.3) is 11.1 Å². The van der Waals surface area contributed by atoms with Gasteiger partial charge in [0.05, 0.1) is 0 Å². The van der Waals surface area contributed by atoms with Crippen LogP contribution in [-0.2, 0) is 26.5 Å². The van der Waals surface area contributed by atoms with Crippen LogP contribution in [0.2, 0.25) is 0 Å². The number of nitrogens with zero attached hydrogens (tertiary/aromatic N) is 1. The Kier molecular flexibility index (Phi) is 4.83. The third kappa shape index (κ3) is 3.13. The van der Waals surface area contributed by atoms with Crippen molar-refractivity contribution in [3.63, 3.8) is 0 Å². The Labute approximate surface area is 180 Å². The van der Waals surface area contributed by atoms with E-state index < -0.39 is 23.5 Å². The number of rotatable bonds is 4. The van der Waals surface area contributed by atoms with Gasteiger partial charge in [0.15, 0.2) is 5.60 Å². The topological polar surface area (TPSA) is 66.8 Å². The number of ether oxygens (including phenoxy) is 1. The van der Waals surface area contributed by atoms with Gasteiger partial charge >= 0.3 is 5.97 Å². The summed E-state index contributed by atoms with van der Waals surface area (Å²) in [5.41, 5.74) is 1.89. The zero-order valence-electron chi connectivity index (χ0n) is 17.0. The summed E-state index contributed by atoms with van der Waals surface area (Å²) in [6.45, 7) is 0.574. The van der Waals surface area contributed by atoms with Crippen molar-refractivity contribution in [3.8, 4) is 11.1 Å². The van der Waals surface area contributed by atoms with Crippen molar-refractivity contribution < 1.29 is 19.4 Å². The van der Waals surface area contributed by atoms with Gasteiger partial charge in [0.2, 0.25) is 0 Å². The zero-order chi connectivity index (χ0) is 21.4. The molecule has 5 nitrogen and oxygen atoms in total. The molecule has 1 saturated heterocycles. The summed E-state index contributed by atoms with van der Waals surface area (Å²) in [5.74, 6) is -0.901. The lowest BCUT2D eigenvalue weighted by Gasteiger charge is -2.32. The summed E-state index contributed by atoms with van der Waals surface area (Å²) in [5, 5.41) is 11.8. The summed E-state index contributed by atoms with van der Waals surface area (Å²) >= 11 is 0. The molecule has 1 aliphatic carbocycles. The van der Waals surface area contributed by atoms with Crippen LogP contribution in [0.15, 0.2) is 78.9 Å². The number of likely N-dealkylation sites (tertiary alicyclic amines) is 1. The molecule has 2 aliphatic rings. The molecule has 0 radical (unpaired) electrons. The van der Waals surface area contributed by atoms with Crippen molar-refractivity contribution in [1.29, 1.82) is 0 Å². The highest BCUT2D eigenvalue weighted by Crippen LogP contribution is 2.48. The van der Waals surface area contributed by atoms with E-state index >= 15 is 0 Å². The molecular formula is C26H23NO4. The second-order valence-electron chi connectivity index (χ2n) is 8.05. The van der Waals surface area contributed by atoms with Crippen LogP contribution in [0.5, 0.6) is 0 Å². The Morgan fingerprint density at radius 1 is 0.903 bits per heavy atom. The summed E-state index contributed by atoms with van der Waals surface area (Å²) in [7, 11) is 0. The fourth-order valence-electron chi connectivity index (χ4n) is 4.73. The molecule has 0 spiro atoms. The van der Waals surface area contributed by atoms with Crippen molar-refractivity contribution in [2.75, 3.05) is 6.54 Å². The Balaban J connectivity index is 1.43. The maximum atomic E-state index is 13.8. The Bertz CT molecular complexity index is 1100. The number of hydrogen-bond acceptors (Lipinski definition) is 4. The lowest BCUT2D eigenvalue weighted by atomic mass is 9.89. The van der Waals surface area contributed by atoms with Gasteiger partial charge in [-0.15, -0.1) is 0 Å². The van der Waals surface area contributed by atoms with Crippen LogP contribution in [0, 0.1) is 0 Å². The smallest absolute Gasteiger partial charge is 0.329 e. The van der Waals surface area contributed by atoms with E-state index in [1.54, 1.807) is 12.1 Å². The average Bonchev–Trinajstić information content (AvgIpc) is 3.41. The fraction of sp³-hybridized carbons (Fsp3) is 0.231. The maximum absolute atomic E-state index is 13.8. The van der Waals surface area contributed by atoms with Crippen LogP contribution in [0.4, 0.5) is 0 Å². The predicted molar refractivity (Wildman–Crippen MR) is 116 cm³/mol. The van der Waals surface area contributed by atoms with Gasteiger partial charge in [0.1, 0.15) is 12.6 Å².